The van der Waals surface area contributed by atoms with Gasteiger partial charge in [0, 0.05) is 43.3 Å². The van der Waals surface area contributed by atoms with Crippen LogP contribution in [-0.2, 0) is 43.3 Å². The molecule has 0 fully saturated rings. The van der Waals surface area contributed by atoms with Crippen LogP contribution in [0.4, 0.5) is 0 Å². The Kier molecular flexibility index (Phi) is 169. The Morgan fingerprint density at radius 2 is 1.00 bits per heavy atom. The summed E-state index contributed by atoms with van der Waals surface area (Å²) in [6.07, 6.45) is 0. The van der Waals surface area contributed by atoms with Gasteiger partial charge in [-0.1, -0.05) is 0 Å². The van der Waals surface area contributed by atoms with Crippen molar-refractivity contribution in [1.82, 2.24) is 0 Å². The third-order valence-electron chi connectivity index (χ3n) is 0. The minimum absolute atomic E-state index is 0. The van der Waals surface area contributed by atoms with Crippen molar-refractivity contribution in [3.05, 3.63) is 0 Å². The minimum Gasteiger partial charge on any atom is -0.0149 e. The van der Waals surface area contributed by atoms with Gasteiger partial charge in [0.2, 0.25) is 0 Å². The van der Waals surface area contributed by atoms with Crippen LogP contribution in [0.3, 0.4) is 0 Å². The normalized spacial score (nSPS) is 0. The smallest absolute Gasteiger partial charge is 0.0149 e. The Labute approximate surface area is 70.9 Å². The van der Waals surface area contributed by atoms with Crippen molar-refractivity contribution in [2.45, 2.75) is 0 Å². The van der Waals surface area contributed by atoms with Crippen LogP contribution in [0.5, 0.6) is 0 Å². The fourth-order valence-corrected chi connectivity index (χ4v) is 0. The predicted octanol–water partition coefficient (Wildman–Crippen LogP) is -2.64. The average Bonchev–Trinajstić information content (AvgIpc) is 0. The number of hydrogen-bond donors (Lipinski definition) is 0. The molecule has 0 heterocycles. The zero-order valence-electron chi connectivity index (χ0n) is 0.802. The molecule has 0 amide bonds. The molecule has 0 aromatic rings. The Hall–Kier alpha value is 2.15. The van der Waals surface area contributed by atoms with Crippen LogP contribution in [-0.4, -0.2) is 28.3 Å². The summed E-state index contributed by atoms with van der Waals surface area (Å²) in [6, 6.07) is 0. The summed E-state index contributed by atoms with van der Waals surface area (Å²) in [5.41, 5.74) is 0. The maximum Gasteiger partial charge on any atom is 0.187 e. The van der Waals surface area contributed by atoms with E-state index in [-0.39, 0.29) is 71.6 Å². The van der Waals surface area contributed by atoms with Crippen LogP contribution in [0.2, 0.25) is 0 Å². The second-order valence-corrected chi connectivity index (χ2v) is 0. The van der Waals surface area contributed by atoms with E-state index in [2.05, 4.69) is 0 Å². The van der Waals surface area contributed by atoms with Gasteiger partial charge in [-0.2, -0.15) is 0 Å². The van der Waals surface area contributed by atoms with Gasteiger partial charge in [0.15, 0.2) is 17.4 Å². The van der Waals surface area contributed by atoms with E-state index in [4.69, 9.17) is 0 Å². The molecule has 0 spiro atoms. The molecule has 4 heteroatoms. The van der Waals surface area contributed by atoms with Crippen molar-refractivity contribution < 1.29 is 43.3 Å². The van der Waals surface area contributed by atoms with Gasteiger partial charge in [0.05, 0.1) is 0 Å². The molecule has 29 valence electrons. The fourth-order valence-electron chi connectivity index (χ4n) is 0. The third kappa shape index (κ3) is 8.91. The minimum atomic E-state index is 0. The van der Waals surface area contributed by atoms with Crippen LogP contribution in [0.15, 0.2) is 0 Å². The summed E-state index contributed by atoms with van der Waals surface area (Å²) in [7, 11) is 0. The first kappa shape index (κ1) is 35.3. The molecular formula is H7AlCuSiZr. The molecule has 4 heavy (non-hydrogen) atoms. The van der Waals surface area contributed by atoms with Crippen molar-refractivity contribution in [2.75, 3.05) is 0 Å². The van der Waals surface area contributed by atoms with Crippen molar-refractivity contribution in [2.24, 2.45) is 0 Å². The third-order valence-corrected chi connectivity index (χ3v) is 0. The summed E-state index contributed by atoms with van der Waals surface area (Å²) in [5.74, 6) is 0. The molecule has 0 aromatic heterocycles. The largest absolute Gasteiger partial charge is 0.187 e. The Bertz CT molecular complexity index is 8.00. The van der Waals surface area contributed by atoms with Gasteiger partial charge < -0.3 is 0 Å². The van der Waals surface area contributed by atoms with E-state index in [1.54, 1.807) is 0 Å². The molecule has 0 aliphatic rings. The standard InChI is InChI=1S/Al.Cu.H4Si.Zr.3H/h;;1H4;;;;. The van der Waals surface area contributed by atoms with Gasteiger partial charge in [0.25, 0.3) is 0 Å². The van der Waals surface area contributed by atoms with Crippen molar-refractivity contribution >= 4 is 28.3 Å². The molecule has 0 aliphatic heterocycles. The molecule has 0 saturated heterocycles. The molecule has 0 N–H and O–H groups in total. The van der Waals surface area contributed by atoms with Crippen LogP contribution >= 0.6 is 0 Å². The van der Waals surface area contributed by atoms with Gasteiger partial charge in [-0.3, -0.25) is 0 Å². The fraction of sp³-hybridized carbons (Fsp3) is 0. The van der Waals surface area contributed by atoms with Gasteiger partial charge in [-0.25, -0.2) is 0 Å². The first-order valence-corrected chi connectivity index (χ1v) is 0. The Morgan fingerprint density at radius 1 is 1.00 bits per heavy atom. The first-order valence-electron chi connectivity index (χ1n) is 0. The summed E-state index contributed by atoms with van der Waals surface area (Å²) in [6.45, 7) is 0. The summed E-state index contributed by atoms with van der Waals surface area (Å²) >= 11 is 0. The van der Waals surface area contributed by atoms with E-state index < -0.39 is 0 Å². The van der Waals surface area contributed by atoms with E-state index >= 15 is 0 Å². The molecule has 1 radical (unpaired) electrons. The van der Waals surface area contributed by atoms with Crippen LogP contribution in [0.1, 0.15) is 0 Å². The second kappa shape index (κ2) is 19.2. The first-order chi connectivity index (χ1) is 0. The molecule has 0 aliphatic carbocycles. The maximum absolute atomic E-state index is 0. The van der Waals surface area contributed by atoms with Crippen molar-refractivity contribution in [3.8, 4) is 0 Å². The summed E-state index contributed by atoms with van der Waals surface area (Å²) < 4.78 is 0. The van der Waals surface area contributed by atoms with Crippen molar-refractivity contribution in [1.29, 1.82) is 0 Å². The SMILES string of the molecule is [AlH3].[Cu].[SiH4].[Zr]. The van der Waals surface area contributed by atoms with Crippen LogP contribution in [0, 0.1) is 0 Å². The van der Waals surface area contributed by atoms with Crippen LogP contribution in [0.25, 0.3) is 0 Å². The van der Waals surface area contributed by atoms with E-state index in [0.717, 1.165) is 0 Å². The van der Waals surface area contributed by atoms with Gasteiger partial charge in [-0.15, -0.1) is 0 Å². The summed E-state index contributed by atoms with van der Waals surface area (Å²) in [5, 5.41) is 0. The van der Waals surface area contributed by atoms with E-state index in [9.17, 15) is 0 Å². The topological polar surface area (TPSA) is 0 Å². The van der Waals surface area contributed by atoms with Gasteiger partial charge >= 0.3 is 0 Å². The van der Waals surface area contributed by atoms with E-state index in [1.807, 2.05) is 0 Å². The summed E-state index contributed by atoms with van der Waals surface area (Å²) in [4.78, 5) is 0. The monoisotopic (exact) mass is 215 g/mol. The molecule has 0 saturated carbocycles. The number of rotatable bonds is 0. The molecule has 0 bridgehead atoms. The van der Waals surface area contributed by atoms with E-state index in [0.29, 0.717) is 0 Å². The zero-order valence-corrected chi connectivity index (χ0v) is 4.20. The molecular weight excluding hydrogens is 210 g/mol. The molecule has 0 atom stereocenters. The van der Waals surface area contributed by atoms with Crippen LogP contribution < -0.4 is 0 Å². The molecule has 0 nitrogen and oxygen atoms in total. The van der Waals surface area contributed by atoms with Gasteiger partial charge in [0.1, 0.15) is 0 Å². The molecule has 0 aromatic carbocycles. The Morgan fingerprint density at radius 3 is 1.00 bits per heavy atom. The molecule has 0 rings (SSSR count). The average molecular weight is 217 g/mol. The second-order valence-electron chi connectivity index (χ2n) is 0. The predicted molar refractivity (Wildman–Crippen MR) is 21.3 cm³/mol. The Balaban J connectivity index is 0. The number of hydrogen-bond acceptors (Lipinski definition) is 0. The van der Waals surface area contributed by atoms with Gasteiger partial charge in [-0.05, 0) is 11.0 Å². The van der Waals surface area contributed by atoms with E-state index in [1.165, 1.54) is 0 Å². The van der Waals surface area contributed by atoms with Crippen molar-refractivity contribution in [3.63, 3.8) is 0 Å². The zero-order chi connectivity index (χ0) is 0. The quantitative estimate of drug-likeness (QED) is 0.389. The molecule has 0 unspecified atom stereocenters. The maximum atomic E-state index is 0.